The predicted octanol–water partition coefficient (Wildman–Crippen LogP) is 2.16. The number of likely N-dealkylation sites (tertiary alicyclic amines) is 1. The quantitative estimate of drug-likeness (QED) is 0.875. The minimum absolute atomic E-state index is 0.162. The summed E-state index contributed by atoms with van der Waals surface area (Å²) in [6, 6.07) is 11.1. The van der Waals surface area contributed by atoms with E-state index in [4.69, 9.17) is 0 Å². The van der Waals surface area contributed by atoms with Crippen molar-refractivity contribution in [3.05, 3.63) is 35.9 Å². The summed E-state index contributed by atoms with van der Waals surface area (Å²) >= 11 is 0. The van der Waals surface area contributed by atoms with Crippen molar-refractivity contribution in [3.63, 3.8) is 0 Å². The molecule has 1 aromatic carbocycles. The molecule has 2 atom stereocenters. The topological polar surface area (TPSA) is 44.4 Å². The minimum Gasteiger partial charge on any atom is -0.354 e. The number of hydrogen-bond donors (Lipinski definition) is 2. The second kappa shape index (κ2) is 8.46. The third kappa shape index (κ3) is 4.79. The first-order valence-corrected chi connectivity index (χ1v) is 9.09. The van der Waals surface area contributed by atoms with Gasteiger partial charge in [0.05, 0.1) is 5.92 Å². The van der Waals surface area contributed by atoms with Crippen LogP contribution in [-0.2, 0) is 11.3 Å². The zero-order valence-corrected chi connectivity index (χ0v) is 14.0. The second-order valence-electron chi connectivity index (χ2n) is 6.89. The Balaban J connectivity index is 1.51. The van der Waals surface area contributed by atoms with Gasteiger partial charge >= 0.3 is 0 Å². The van der Waals surface area contributed by atoms with Crippen LogP contribution in [0.15, 0.2) is 30.3 Å². The zero-order valence-electron chi connectivity index (χ0n) is 14.0. The number of amides is 1. The van der Waals surface area contributed by atoms with E-state index in [1.807, 2.05) is 0 Å². The Morgan fingerprint density at radius 3 is 2.83 bits per heavy atom. The van der Waals surface area contributed by atoms with Crippen LogP contribution in [0.4, 0.5) is 0 Å². The standard InChI is InChI=1S/C19H29N3O/c23-19(17-9-6-11-20-13-17)21-14-18-10-4-5-12-22(18)15-16-7-2-1-3-8-16/h1-3,7-8,17-18,20H,4-6,9-15H2,(H,21,23). The van der Waals surface area contributed by atoms with Gasteiger partial charge in [0, 0.05) is 25.7 Å². The molecule has 0 aliphatic carbocycles. The van der Waals surface area contributed by atoms with Crippen LogP contribution >= 0.6 is 0 Å². The SMILES string of the molecule is O=C(NCC1CCCCN1Cc1ccccc1)C1CCCNC1. The molecule has 2 unspecified atom stereocenters. The summed E-state index contributed by atoms with van der Waals surface area (Å²) < 4.78 is 0. The lowest BCUT2D eigenvalue weighted by Gasteiger charge is -2.36. The van der Waals surface area contributed by atoms with Crippen molar-refractivity contribution < 1.29 is 4.79 Å². The van der Waals surface area contributed by atoms with Gasteiger partial charge in [0.25, 0.3) is 0 Å². The average Bonchev–Trinajstić information content (AvgIpc) is 2.62. The average molecular weight is 315 g/mol. The Labute approximate surface area is 139 Å². The molecular weight excluding hydrogens is 286 g/mol. The summed E-state index contributed by atoms with van der Waals surface area (Å²) in [5.74, 6) is 0.400. The van der Waals surface area contributed by atoms with E-state index in [9.17, 15) is 4.79 Å². The van der Waals surface area contributed by atoms with Crippen molar-refractivity contribution in [2.45, 2.75) is 44.7 Å². The molecule has 1 aromatic rings. The van der Waals surface area contributed by atoms with Crippen molar-refractivity contribution in [2.75, 3.05) is 26.2 Å². The highest BCUT2D eigenvalue weighted by atomic mass is 16.1. The van der Waals surface area contributed by atoms with E-state index >= 15 is 0 Å². The van der Waals surface area contributed by atoms with Crippen LogP contribution in [0.1, 0.15) is 37.7 Å². The summed E-state index contributed by atoms with van der Waals surface area (Å²) in [5, 5.41) is 6.54. The Hall–Kier alpha value is -1.39. The molecular formula is C19H29N3O. The van der Waals surface area contributed by atoms with Crippen LogP contribution in [0.3, 0.4) is 0 Å². The van der Waals surface area contributed by atoms with Crippen LogP contribution in [0.5, 0.6) is 0 Å². The van der Waals surface area contributed by atoms with Crippen molar-refractivity contribution in [3.8, 4) is 0 Å². The molecule has 0 aromatic heterocycles. The Morgan fingerprint density at radius 2 is 2.04 bits per heavy atom. The molecule has 1 amide bonds. The fraction of sp³-hybridized carbons (Fsp3) is 0.632. The molecule has 2 fully saturated rings. The van der Waals surface area contributed by atoms with Gasteiger partial charge in [-0.25, -0.2) is 0 Å². The molecule has 23 heavy (non-hydrogen) atoms. The molecule has 2 saturated heterocycles. The fourth-order valence-electron chi connectivity index (χ4n) is 3.76. The van der Waals surface area contributed by atoms with E-state index in [1.165, 1.54) is 24.8 Å². The maximum atomic E-state index is 12.3. The van der Waals surface area contributed by atoms with Crippen LogP contribution < -0.4 is 10.6 Å². The highest BCUT2D eigenvalue weighted by molar-refractivity contribution is 5.79. The van der Waals surface area contributed by atoms with Crippen molar-refractivity contribution in [2.24, 2.45) is 5.92 Å². The monoisotopic (exact) mass is 315 g/mol. The summed E-state index contributed by atoms with van der Waals surface area (Å²) in [6.07, 6.45) is 5.87. The van der Waals surface area contributed by atoms with Crippen LogP contribution in [0.25, 0.3) is 0 Å². The molecule has 2 heterocycles. The number of benzene rings is 1. The van der Waals surface area contributed by atoms with Gasteiger partial charge in [0.15, 0.2) is 0 Å². The molecule has 4 heteroatoms. The lowest BCUT2D eigenvalue weighted by molar-refractivity contribution is -0.125. The van der Waals surface area contributed by atoms with E-state index in [-0.39, 0.29) is 11.8 Å². The summed E-state index contributed by atoms with van der Waals surface area (Å²) in [5.41, 5.74) is 1.36. The Kier molecular flexibility index (Phi) is 6.06. The number of piperidine rings is 2. The summed E-state index contributed by atoms with van der Waals surface area (Å²) in [7, 11) is 0. The van der Waals surface area contributed by atoms with E-state index in [0.717, 1.165) is 45.6 Å². The first kappa shape index (κ1) is 16.5. The molecule has 3 rings (SSSR count). The Bertz CT molecular complexity index is 485. The molecule has 0 radical (unpaired) electrons. The van der Waals surface area contributed by atoms with Gasteiger partial charge in [0.2, 0.25) is 5.91 Å². The highest BCUT2D eigenvalue weighted by Gasteiger charge is 2.25. The molecule has 2 aliphatic rings. The largest absolute Gasteiger partial charge is 0.354 e. The van der Waals surface area contributed by atoms with Crippen molar-refractivity contribution in [1.29, 1.82) is 0 Å². The van der Waals surface area contributed by atoms with Gasteiger partial charge < -0.3 is 10.6 Å². The lowest BCUT2D eigenvalue weighted by Crippen LogP contribution is -2.48. The third-order valence-corrected chi connectivity index (χ3v) is 5.16. The van der Waals surface area contributed by atoms with Crippen molar-refractivity contribution in [1.82, 2.24) is 15.5 Å². The van der Waals surface area contributed by atoms with Gasteiger partial charge in [-0.05, 0) is 44.3 Å². The van der Waals surface area contributed by atoms with Gasteiger partial charge in [-0.1, -0.05) is 36.8 Å². The first-order chi connectivity index (χ1) is 11.3. The van der Waals surface area contributed by atoms with E-state index in [1.54, 1.807) is 0 Å². The molecule has 4 nitrogen and oxygen atoms in total. The molecule has 0 bridgehead atoms. The number of hydrogen-bond acceptors (Lipinski definition) is 3. The second-order valence-corrected chi connectivity index (χ2v) is 6.89. The summed E-state index contributed by atoms with van der Waals surface area (Å²) in [4.78, 5) is 14.9. The summed E-state index contributed by atoms with van der Waals surface area (Å²) in [6.45, 7) is 4.82. The number of nitrogens with zero attached hydrogens (tertiary/aromatic N) is 1. The predicted molar refractivity (Wildman–Crippen MR) is 93.1 cm³/mol. The molecule has 2 aliphatic heterocycles. The maximum Gasteiger partial charge on any atom is 0.224 e. The smallest absolute Gasteiger partial charge is 0.224 e. The number of carbonyl (C=O) groups excluding carboxylic acids is 1. The van der Waals surface area contributed by atoms with Gasteiger partial charge in [-0.15, -0.1) is 0 Å². The van der Waals surface area contributed by atoms with Gasteiger partial charge in [-0.3, -0.25) is 9.69 Å². The minimum atomic E-state index is 0.162. The van der Waals surface area contributed by atoms with Gasteiger partial charge in [0.1, 0.15) is 0 Å². The van der Waals surface area contributed by atoms with E-state index in [2.05, 4.69) is 45.9 Å². The fourth-order valence-corrected chi connectivity index (χ4v) is 3.76. The van der Waals surface area contributed by atoms with E-state index in [0.29, 0.717) is 6.04 Å². The molecule has 126 valence electrons. The third-order valence-electron chi connectivity index (χ3n) is 5.16. The normalized spacial score (nSPS) is 25.9. The molecule has 2 N–H and O–H groups in total. The van der Waals surface area contributed by atoms with E-state index < -0.39 is 0 Å². The van der Waals surface area contributed by atoms with Crippen LogP contribution in [0.2, 0.25) is 0 Å². The van der Waals surface area contributed by atoms with Crippen LogP contribution in [0, 0.1) is 5.92 Å². The van der Waals surface area contributed by atoms with Gasteiger partial charge in [-0.2, -0.15) is 0 Å². The first-order valence-electron chi connectivity index (χ1n) is 9.09. The zero-order chi connectivity index (χ0) is 15.9. The molecule has 0 saturated carbocycles. The molecule has 0 spiro atoms. The lowest BCUT2D eigenvalue weighted by atomic mass is 9.97. The maximum absolute atomic E-state index is 12.3. The highest BCUT2D eigenvalue weighted by Crippen LogP contribution is 2.19. The number of nitrogens with one attached hydrogen (secondary N) is 2. The van der Waals surface area contributed by atoms with Crippen molar-refractivity contribution >= 4 is 5.91 Å². The Morgan fingerprint density at radius 1 is 1.17 bits per heavy atom. The number of rotatable bonds is 5. The van der Waals surface area contributed by atoms with Crippen LogP contribution in [-0.4, -0.2) is 43.0 Å². The number of carbonyl (C=O) groups is 1.